The van der Waals surface area contributed by atoms with E-state index in [0.29, 0.717) is 0 Å². The second-order valence-electron chi connectivity index (χ2n) is 25.1. The Morgan fingerprint density at radius 3 is 1.74 bits per heavy atom. The molecule has 0 spiro atoms. The van der Waals surface area contributed by atoms with Crippen LogP contribution in [0.15, 0.2) is 322 Å². The Labute approximate surface area is 552 Å². The highest BCUT2D eigenvalue weighted by Gasteiger charge is 2.25. The van der Waals surface area contributed by atoms with Gasteiger partial charge in [0.25, 0.3) is 0 Å². The van der Waals surface area contributed by atoms with E-state index in [1.165, 1.54) is 38.2 Å². The van der Waals surface area contributed by atoms with Crippen molar-refractivity contribution in [2.45, 2.75) is 12.8 Å². The minimum absolute atomic E-state index is 0.753. The molecule has 4 heteroatoms. The van der Waals surface area contributed by atoms with Gasteiger partial charge in [-0.25, -0.2) is 0 Å². The van der Waals surface area contributed by atoms with Crippen LogP contribution < -0.4 is 20.9 Å². The molecular formula is C92H60O4. The molecule has 0 atom stereocenters. The lowest BCUT2D eigenvalue weighted by molar-refractivity contribution is 0.630. The fraction of sp³-hybridized carbons (Fsp3) is 0.0217. The molecule has 18 rings (SSSR count). The molecule has 0 aliphatic heterocycles. The van der Waals surface area contributed by atoms with E-state index in [0.717, 1.165) is 183 Å². The van der Waals surface area contributed by atoms with Crippen LogP contribution in [0.5, 0.6) is 0 Å². The molecule has 4 heterocycles. The summed E-state index contributed by atoms with van der Waals surface area (Å²) in [5.41, 5.74) is 19.2. The summed E-state index contributed by atoms with van der Waals surface area (Å²) in [6.07, 6.45) is 18.8. The van der Waals surface area contributed by atoms with Crippen LogP contribution in [0.25, 0.3) is 189 Å². The number of fused-ring (bicyclic) bond motifs is 17. The summed E-state index contributed by atoms with van der Waals surface area (Å²) in [5, 5.41) is 18.0. The van der Waals surface area contributed by atoms with Gasteiger partial charge in [-0.05, 0) is 200 Å². The highest BCUT2D eigenvalue weighted by Crippen LogP contribution is 2.49. The van der Waals surface area contributed by atoms with Crippen LogP contribution in [0.4, 0.5) is 0 Å². The third-order valence-corrected chi connectivity index (χ3v) is 19.5. The van der Waals surface area contributed by atoms with E-state index in [2.05, 4.69) is 262 Å². The van der Waals surface area contributed by atoms with Crippen molar-refractivity contribution < 1.29 is 17.7 Å². The smallest absolute Gasteiger partial charge is 0.147 e. The van der Waals surface area contributed by atoms with E-state index in [9.17, 15) is 0 Å². The summed E-state index contributed by atoms with van der Waals surface area (Å²) in [6.45, 7) is 18.3. The molecule has 0 saturated heterocycles. The second kappa shape index (κ2) is 22.7. The Bertz CT molecular complexity index is 6510. The molecule has 4 nitrogen and oxygen atoms in total. The van der Waals surface area contributed by atoms with E-state index in [1.54, 1.807) is 0 Å². The Morgan fingerprint density at radius 2 is 1.00 bits per heavy atom. The van der Waals surface area contributed by atoms with Crippen molar-refractivity contribution in [1.82, 2.24) is 0 Å². The van der Waals surface area contributed by atoms with Crippen molar-refractivity contribution >= 4 is 145 Å². The van der Waals surface area contributed by atoms with Gasteiger partial charge in [-0.15, -0.1) is 0 Å². The van der Waals surface area contributed by atoms with E-state index >= 15 is 0 Å². The highest BCUT2D eigenvalue weighted by molar-refractivity contribution is 6.34. The summed E-state index contributed by atoms with van der Waals surface area (Å²) in [5.74, 6) is 0.753. The predicted molar refractivity (Wildman–Crippen MR) is 405 cm³/mol. The summed E-state index contributed by atoms with van der Waals surface area (Å²) in [7, 11) is 0. The maximum Gasteiger partial charge on any atom is 0.147 e. The average molecular weight is 1230 g/mol. The van der Waals surface area contributed by atoms with Gasteiger partial charge in [0.15, 0.2) is 0 Å². The number of hydrogen-bond acceptors (Lipinski definition) is 4. The van der Waals surface area contributed by atoms with Crippen molar-refractivity contribution in [3.63, 3.8) is 0 Å². The largest absolute Gasteiger partial charge is 0.456 e. The van der Waals surface area contributed by atoms with Crippen molar-refractivity contribution in [2.75, 3.05) is 0 Å². The molecule has 4 aromatic heterocycles. The zero-order valence-electron chi connectivity index (χ0n) is 52.6. The molecule has 0 amide bonds. The molecule has 452 valence electrons. The molecule has 0 N–H and O–H groups in total. The van der Waals surface area contributed by atoms with E-state index in [4.69, 9.17) is 30.8 Å². The van der Waals surface area contributed by atoms with Gasteiger partial charge >= 0.3 is 0 Å². The first kappa shape index (κ1) is 56.3. The molecule has 0 radical (unpaired) electrons. The zero-order chi connectivity index (χ0) is 64.1. The molecule has 0 fully saturated rings. The number of para-hydroxylation sites is 2. The second-order valence-corrected chi connectivity index (χ2v) is 25.1. The SMILES string of the molecule is C=C/C=C\c1cccc(-c2c3ccccc3c(-c3ccc4c(c3)oc3c5ccccc5c5c6cc(-c7cc/c(=C/C(=C)C8=c9\cccc\c9=C(C(=C)c9cc%10c(cc9-c9cc%11ccccc%11o9)oc9ccccc9%10)\C=C\CC\C=C\8)c(=C)c7)ccc6oc5c43)c3ccccc23)c1. The molecule has 0 unspecified atom stereocenters. The van der Waals surface area contributed by atoms with Crippen LogP contribution >= 0.6 is 0 Å². The summed E-state index contributed by atoms with van der Waals surface area (Å²) in [4.78, 5) is 0. The Kier molecular flexibility index (Phi) is 13.3. The topological polar surface area (TPSA) is 52.6 Å². The maximum absolute atomic E-state index is 7.09. The first-order chi connectivity index (χ1) is 47.3. The number of allylic oxidation sites excluding steroid dienone is 8. The van der Waals surface area contributed by atoms with Crippen LogP contribution in [-0.2, 0) is 0 Å². The fourth-order valence-corrected chi connectivity index (χ4v) is 15.0. The first-order valence-electron chi connectivity index (χ1n) is 32.7. The zero-order valence-corrected chi connectivity index (χ0v) is 52.6. The van der Waals surface area contributed by atoms with Gasteiger partial charge in [-0.2, -0.15) is 0 Å². The van der Waals surface area contributed by atoms with Gasteiger partial charge in [0.05, 0.1) is 5.39 Å². The summed E-state index contributed by atoms with van der Waals surface area (Å²) >= 11 is 0. The minimum atomic E-state index is 0.753. The maximum atomic E-state index is 7.09. The quantitative estimate of drug-likeness (QED) is 0.101. The summed E-state index contributed by atoms with van der Waals surface area (Å²) in [6, 6.07) is 86.1. The van der Waals surface area contributed by atoms with Crippen LogP contribution in [0.2, 0.25) is 0 Å². The number of furan rings is 4. The van der Waals surface area contributed by atoms with Gasteiger partial charge in [-0.3, -0.25) is 0 Å². The van der Waals surface area contributed by atoms with E-state index in [1.807, 2.05) is 42.5 Å². The highest BCUT2D eigenvalue weighted by atomic mass is 16.3. The van der Waals surface area contributed by atoms with Crippen molar-refractivity contribution in [3.8, 4) is 44.7 Å². The number of rotatable bonds is 10. The van der Waals surface area contributed by atoms with Gasteiger partial charge in [0.2, 0.25) is 0 Å². The standard InChI is InChI=1S/C92H60O4/c1-5-6-24-58-25-23-27-63(49-58)87-70-33-14-16-35-72(70)88(73-36-17-15-34-71(73)87)64-43-45-76-84(52-64)96-91-75-38-19-18-37-74(75)89-80-50-61(44-46-83(80)95-92(89)90(76)91)60-42-41-59(55(2)47-60)48-56(3)65-28-9-7-8-10-29-66(68-31-13-12-30-67(65)68)57(4)77-53-78-69-32-20-22-40-82(69)94-86(78)54-79(77)85-51-62-26-11-21-39-81(62)93-85/h5-6,9-54H,1-4,7-8H2/b24-6-,28-9+,29-10+,59-48-,67-65+,68-66+. The number of benzene rings is 13. The van der Waals surface area contributed by atoms with E-state index in [-0.39, 0.29) is 0 Å². The molecule has 17 aromatic rings. The average Bonchev–Trinajstić information content (AvgIpc) is 1.65. The van der Waals surface area contributed by atoms with E-state index < -0.39 is 0 Å². The lowest BCUT2D eigenvalue weighted by atomic mass is 9.85. The molecule has 0 saturated carbocycles. The Morgan fingerprint density at radius 1 is 0.396 bits per heavy atom. The van der Waals surface area contributed by atoms with Crippen LogP contribution in [0.3, 0.4) is 0 Å². The Balaban J connectivity index is 0.728. The van der Waals surface area contributed by atoms with Crippen molar-refractivity contribution in [1.29, 1.82) is 0 Å². The lowest BCUT2D eigenvalue weighted by Gasteiger charge is -2.18. The van der Waals surface area contributed by atoms with Gasteiger partial charge < -0.3 is 17.7 Å². The van der Waals surface area contributed by atoms with Crippen molar-refractivity contribution in [2.24, 2.45) is 0 Å². The molecule has 96 heavy (non-hydrogen) atoms. The third kappa shape index (κ3) is 9.21. The molecular weight excluding hydrogens is 1170 g/mol. The van der Waals surface area contributed by atoms with Gasteiger partial charge in [0.1, 0.15) is 44.8 Å². The molecule has 0 bridgehead atoms. The first-order valence-corrected chi connectivity index (χ1v) is 32.7. The Hall–Kier alpha value is -12.5. The van der Waals surface area contributed by atoms with Gasteiger partial charge in [0, 0.05) is 43.3 Å². The molecule has 13 aromatic carbocycles. The lowest BCUT2D eigenvalue weighted by Crippen LogP contribution is -2.29. The molecule has 1 aliphatic rings. The van der Waals surface area contributed by atoms with Crippen LogP contribution in [0.1, 0.15) is 24.0 Å². The van der Waals surface area contributed by atoms with Crippen LogP contribution in [-0.4, -0.2) is 0 Å². The molecule has 1 aliphatic carbocycles. The van der Waals surface area contributed by atoms with Crippen LogP contribution in [0, 0.1) is 0 Å². The normalized spacial score (nSPS) is 15.0. The monoisotopic (exact) mass is 1230 g/mol. The minimum Gasteiger partial charge on any atom is -0.456 e. The van der Waals surface area contributed by atoms with Crippen molar-refractivity contribution in [3.05, 3.63) is 336 Å². The third-order valence-electron chi connectivity index (χ3n) is 19.5. The predicted octanol–water partition coefficient (Wildman–Crippen LogP) is 22.8. The number of hydrogen-bond donors (Lipinski definition) is 0. The summed E-state index contributed by atoms with van der Waals surface area (Å²) < 4.78 is 27.2. The van der Waals surface area contributed by atoms with Gasteiger partial charge in [-0.1, -0.05) is 245 Å². The fourth-order valence-electron chi connectivity index (χ4n) is 15.0.